The van der Waals surface area contributed by atoms with E-state index in [0.29, 0.717) is 0 Å². The lowest BCUT2D eigenvalue weighted by atomic mass is 9.95. The predicted molar refractivity (Wildman–Crippen MR) is 46.9 cm³/mol. The number of carboxylic acids is 1. The van der Waals surface area contributed by atoms with Crippen molar-refractivity contribution in [3.8, 4) is 0 Å². The van der Waals surface area contributed by atoms with Crippen LogP contribution in [0.25, 0.3) is 0 Å². The average molecular weight is 318 g/mol. The van der Waals surface area contributed by atoms with Gasteiger partial charge in [0.2, 0.25) is 0 Å². The second kappa shape index (κ2) is 5.17. The van der Waals surface area contributed by atoms with Crippen LogP contribution in [0.15, 0.2) is 12.2 Å². The smallest absolute Gasteiger partial charge is 0.389 e. The Morgan fingerprint density at radius 1 is 0.900 bits per heavy atom. The summed E-state index contributed by atoms with van der Waals surface area (Å²) >= 11 is 0. The van der Waals surface area contributed by atoms with Gasteiger partial charge in [-0.15, -0.1) is 0 Å². The van der Waals surface area contributed by atoms with Gasteiger partial charge >= 0.3 is 29.9 Å². The van der Waals surface area contributed by atoms with E-state index in [1.165, 1.54) is 0 Å². The molecule has 0 spiro atoms. The van der Waals surface area contributed by atoms with Gasteiger partial charge in [0.05, 0.1) is 0 Å². The molecule has 0 radical (unpaired) electrons. The molecule has 118 valence electrons. The minimum Gasteiger partial charge on any atom is -0.478 e. The molecule has 0 amide bonds. The molecule has 11 heteroatoms. The lowest BCUT2D eigenvalue weighted by molar-refractivity contribution is -0.302. The van der Waals surface area contributed by atoms with Gasteiger partial charge in [0.25, 0.3) is 0 Å². The van der Waals surface area contributed by atoms with Crippen LogP contribution in [-0.2, 0) is 4.79 Å². The number of halogens is 9. The van der Waals surface area contributed by atoms with Crippen LogP contribution >= 0.6 is 0 Å². The minimum absolute atomic E-state index is 2.03. The molecule has 2 nitrogen and oxygen atoms in total. The van der Waals surface area contributed by atoms with Gasteiger partial charge in [-0.2, -0.15) is 39.5 Å². The first-order valence-electron chi connectivity index (χ1n) is 4.69. The van der Waals surface area contributed by atoms with Crippen LogP contribution in [0.2, 0.25) is 0 Å². The summed E-state index contributed by atoms with van der Waals surface area (Å²) in [5.74, 6) is -20.7. The Balaban J connectivity index is 5.38. The molecule has 0 fully saturated rings. The third-order valence-corrected chi connectivity index (χ3v) is 2.21. The third kappa shape index (κ3) is 3.57. The van der Waals surface area contributed by atoms with Gasteiger partial charge in [0.15, 0.2) is 0 Å². The molecular formula is C9H7F9O2. The van der Waals surface area contributed by atoms with E-state index >= 15 is 0 Å². The summed E-state index contributed by atoms with van der Waals surface area (Å²) in [6.07, 6.45) is -10.3. The summed E-state index contributed by atoms with van der Waals surface area (Å²) in [4.78, 5) is 10.1. The van der Waals surface area contributed by atoms with Gasteiger partial charge in [-0.3, -0.25) is 0 Å². The largest absolute Gasteiger partial charge is 0.478 e. The molecule has 0 aliphatic heterocycles. The highest BCUT2D eigenvalue weighted by Crippen LogP contribution is 2.51. The first-order chi connectivity index (χ1) is 8.56. The molecule has 0 saturated heterocycles. The molecule has 0 unspecified atom stereocenters. The van der Waals surface area contributed by atoms with Crippen molar-refractivity contribution < 1.29 is 49.4 Å². The van der Waals surface area contributed by atoms with Crippen molar-refractivity contribution in [3.05, 3.63) is 12.2 Å². The van der Waals surface area contributed by atoms with E-state index in [9.17, 15) is 44.3 Å². The Morgan fingerprint density at radius 3 is 1.60 bits per heavy atom. The molecule has 0 aliphatic carbocycles. The molecule has 0 saturated carbocycles. The van der Waals surface area contributed by atoms with Crippen LogP contribution in [-0.4, -0.2) is 35.0 Å². The molecule has 20 heavy (non-hydrogen) atoms. The maximum absolute atomic E-state index is 13.0. The van der Waals surface area contributed by atoms with Crippen LogP contribution < -0.4 is 0 Å². The van der Waals surface area contributed by atoms with E-state index in [1.54, 1.807) is 0 Å². The van der Waals surface area contributed by atoms with Gasteiger partial charge in [0.1, 0.15) is 5.57 Å². The van der Waals surface area contributed by atoms with E-state index in [-0.39, 0.29) is 0 Å². The molecule has 0 aromatic heterocycles. The van der Waals surface area contributed by atoms with E-state index in [2.05, 4.69) is 0 Å². The number of rotatable bonds is 6. The first-order valence-corrected chi connectivity index (χ1v) is 4.69. The zero-order valence-electron chi connectivity index (χ0n) is 9.38. The van der Waals surface area contributed by atoms with Gasteiger partial charge in [0, 0.05) is 12.8 Å². The molecule has 0 aromatic carbocycles. The number of aliphatic carboxylic acids is 1. The van der Waals surface area contributed by atoms with Crippen LogP contribution in [0.1, 0.15) is 12.8 Å². The summed E-state index contributed by atoms with van der Waals surface area (Å²) in [6, 6.07) is 0. The predicted octanol–water partition coefficient (Wildman–Crippen LogP) is 3.88. The fourth-order valence-electron chi connectivity index (χ4n) is 1.01. The number of alkyl halides is 9. The molecule has 0 atom stereocenters. The van der Waals surface area contributed by atoms with Gasteiger partial charge < -0.3 is 5.11 Å². The van der Waals surface area contributed by atoms with Crippen molar-refractivity contribution >= 4 is 5.97 Å². The molecular weight excluding hydrogens is 311 g/mol. The van der Waals surface area contributed by atoms with Crippen molar-refractivity contribution in [2.45, 2.75) is 36.8 Å². The normalized spacial score (nSPS) is 14.2. The molecule has 0 aliphatic rings. The zero-order chi connectivity index (χ0) is 16.6. The second-order valence-electron chi connectivity index (χ2n) is 3.75. The SMILES string of the molecule is C=C(C(=O)O)C(F)(F)C(F)(F)C(F)(F)CCC(F)(F)F. The van der Waals surface area contributed by atoms with Gasteiger partial charge in [-0.05, 0) is 0 Å². The van der Waals surface area contributed by atoms with Crippen LogP contribution in [0.3, 0.4) is 0 Å². The standard InChI is InChI=1S/C9H7F9O2/c1-4(5(19)20)8(15,16)9(17,18)6(10,11)2-3-7(12,13)14/h1-3H2,(H,19,20). The Morgan fingerprint density at radius 2 is 1.30 bits per heavy atom. The summed E-state index contributed by atoms with van der Waals surface area (Å²) in [5.41, 5.74) is -2.55. The van der Waals surface area contributed by atoms with E-state index < -0.39 is 48.3 Å². The average Bonchev–Trinajstić information content (AvgIpc) is 2.23. The minimum atomic E-state index is -6.33. The number of carbonyl (C=O) groups is 1. The number of carboxylic acid groups (broad SMARTS) is 1. The third-order valence-electron chi connectivity index (χ3n) is 2.21. The fraction of sp³-hybridized carbons (Fsp3) is 0.667. The summed E-state index contributed by atoms with van der Waals surface area (Å²) in [5, 5.41) is 8.07. The topological polar surface area (TPSA) is 37.3 Å². The summed E-state index contributed by atoms with van der Waals surface area (Å²) in [6.45, 7) is 2.03. The number of hydrogen-bond donors (Lipinski definition) is 1. The molecule has 0 aromatic rings. The maximum atomic E-state index is 13.0. The highest BCUT2D eigenvalue weighted by Gasteiger charge is 2.73. The van der Waals surface area contributed by atoms with Gasteiger partial charge in [-0.25, -0.2) is 4.79 Å². The summed E-state index contributed by atoms with van der Waals surface area (Å²) < 4.78 is 113. The fourth-order valence-corrected chi connectivity index (χ4v) is 1.01. The molecule has 1 N–H and O–H groups in total. The van der Waals surface area contributed by atoms with E-state index in [1.807, 2.05) is 6.58 Å². The molecule has 0 bridgehead atoms. The van der Waals surface area contributed by atoms with Crippen LogP contribution in [0, 0.1) is 0 Å². The van der Waals surface area contributed by atoms with Crippen molar-refractivity contribution in [1.82, 2.24) is 0 Å². The molecule has 0 heterocycles. The van der Waals surface area contributed by atoms with Crippen molar-refractivity contribution in [1.29, 1.82) is 0 Å². The first kappa shape index (κ1) is 18.6. The highest BCUT2D eigenvalue weighted by atomic mass is 19.4. The Hall–Kier alpha value is -1.42. The highest BCUT2D eigenvalue weighted by molar-refractivity contribution is 5.88. The Bertz CT molecular complexity index is 397. The Kier molecular flexibility index (Phi) is 4.80. The van der Waals surface area contributed by atoms with Crippen molar-refractivity contribution in [3.63, 3.8) is 0 Å². The lowest BCUT2D eigenvalue weighted by Crippen LogP contribution is -2.56. The van der Waals surface area contributed by atoms with Crippen LogP contribution in [0.5, 0.6) is 0 Å². The maximum Gasteiger partial charge on any atom is 0.389 e. The van der Waals surface area contributed by atoms with Gasteiger partial charge in [-0.1, -0.05) is 6.58 Å². The van der Waals surface area contributed by atoms with Crippen LogP contribution in [0.4, 0.5) is 39.5 Å². The van der Waals surface area contributed by atoms with Crippen molar-refractivity contribution in [2.24, 2.45) is 0 Å². The Labute approximate surface area is 105 Å². The number of hydrogen-bond acceptors (Lipinski definition) is 1. The zero-order valence-corrected chi connectivity index (χ0v) is 9.38. The van der Waals surface area contributed by atoms with E-state index in [0.717, 1.165) is 0 Å². The molecule has 0 rings (SSSR count). The monoisotopic (exact) mass is 318 g/mol. The van der Waals surface area contributed by atoms with E-state index in [4.69, 9.17) is 5.11 Å². The van der Waals surface area contributed by atoms with Crippen molar-refractivity contribution in [2.75, 3.05) is 0 Å². The summed E-state index contributed by atoms with van der Waals surface area (Å²) in [7, 11) is 0. The second-order valence-corrected chi connectivity index (χ2v) is 3.75. The quantitative estimate of drug-likeness (QED) is 0.596. The lowest BCUT2D eigenvalue weighted by Gasteiger charge is -2.32.